The number of carbonyl (C=O) groups is 4. The van der Waals surface area contributed by atoms with Gasteiger partial charge in [-0.05, 0) is 50.8 Å². The second kappa shape index (κ2) is 11.9. The second-order valence-electron chi connectivity index (χ2n) is 11.5. The molecule has 0 radical (unpaired) electrons. The summed E-state index contributed by atoms with van der Waals surface area (Å²) in [5.41, 5.74) is -1.46. The fraction of sp³-hybridized carbons (Fsp3) is 0.548. The van der Waals surface area contributed by atoms with Crippen LogP contribution in [0.4, 0.5) is 0 Å². The van der Waals surface area contributed by atoms with Crippen molar-refractivity contribution < 1.29 is 38.5 Å². The average Bonchev–Trinajstić information content (AvgIpc) is 3.10. The Kier molecular flexibility index (Phi) is 9.21. The molecule has 0 spiro atoms. The van der Waals surface area contributed by atoms with Crippen molar-refractivity contribution in [2.45, 2.75) is 85.2 Å². The van der Waals surface area contributed by atoms with Gasteiger partial charge >= 0.3 is 17.9 Å². The standard InChI is InChI=1S/C31H40O8/c1-18-13-14-30(6,7)26(35)16-25(34)19(2)15-24-27(38-29(36)23-11-9-8-10-12-23)20(3)17-31(24,39-22(5)33)28(18)37-21(4)32/h8-15,18,20,24-25,27-28,34H,16-17H2,1-7H3/b14-13-,19-15+/t18-,20-,24+,25+,27-,28+,31+/m1/s1. The minimum Gasteiger partial charge on any atom is -0.458 e. The summed E-state index contributed by atoms with van der Waals surface area (Å²) in [6, 6.07) is 8.56. The van der Waals surface area contributed by atoms with Gasteiger partial charge in [-0.2, -0.15) is 0 Å². The molecule has 1 saturated carbocycles. The van der Waals surface area contributed by atoms with Crippen molar-refractivity contribution in [3.8, 4) is 0 Å². The molecule has 0 saturated heterocycles. The van der Waals surface area contributed by atoms with Crippen molar-refractivity contribution in [3.05, 3.63) is 59.7 Å². The number of fused-ring (bicyclic) bond motifs is 1. The summed E-state index contributed by atoms with van der Waals surface area (Å²) >= 11 is 0. The Balaban J connectivity index is 2.23. The fourth-order valence-corrected chi connectivity index (χ4v) is 5.73. The maximum Gasteiger partial charge on any atom is 0.338 e. The van der Waals surface area contributed by atoms with Gasteiger partial charge in [-0.15, -0.1) is 0 Å². The van der Waals surface area contributed by atoms with E-state index in [9.17, 15) is 24.3 Å². The molecule has 3 rings (SSSR count). The molecular formula is C31H40O8. The van der Waals surface area contributed by atoms with E-state index in [2.05, 4.69) is 0 Å². The first-order valence-corrected chi connectivity index (χ1v) is 13.4. The number of aliphatic hydroxyl groups is 1. The Morgan fingerprint density at radius 3 is 2.23 bits per heavy atom. The van der Waals surface area contributed by atoms with E-state index in [1.807, 2.05) is 13.8 Å². The Morgan fingerprint density at radius 2 is 1.64 bits per heavy atom. The number of allylic oxidation sites excluding steroid dienone is 1. The van der Waals surface area contributed by atoms with Gasteiger partial charge in [0.1, 0.15) is 18.0 Å². The largest absolute Gasteiger partial charge is 0.458 e. The quantitative estimate of drug-likeness (QED) is 0.335. The van der Waals surface area contributed by atoms with Gasteiger partial charge in [0.05, 0.1) is 17.6 Å². The molecule has 0 amide bonds. The van der Waals surface area contributed by atoms with Crippen molar-refractivity contribution in [2.75, 3.05) is 0 Å². The molecule has 8 heteroatoms. The molecule has 0 bridgehead atoms. The third-order valence-corrected chi connectivity index (χ3v) is 7.84. The van der Waals surface area contributed by atoms with Crippen LogP contribution in [0.1, 0.15) is 71.7 Å². The summed E-state index contributed by atoms with van der Waals surface area (Å²) in [6.07, 6.45) is 2.53. The molecule has 1 aromatic rings. The van der Waals surface area contributed by atoms with E-state index in [1.165, 1.54) is 13.8 Å². The third-order valence-electron chi connectivity index (χ3n) is 7.84. The summed E-state index contributed by atoms with van der Waals surface area (Å²) in [7, 11) is 0. The van der Waals surface area contributed by atoms with E-state index in [0.717, 1.165) is 0 Å². The second-order valence-corrected chi connectivity index (χ2v) is 11.5. The monoisotopic (exact) mass is 540 g/mol. The van der Waals surface area contributed by atoms with Crippen molar-refractivity contribution in [1.82, 2.24) is 0 Å². The molecule has 1 aromatic carbocycles. The highest BCUT2D eigenvalue weighted by Crippen LogP contribution is 2.51. The van der Waals surface area contributed by atoms with Gasteiger partial charge in [0.25, 0.3) is 0 Å². The zero-order chi connectivity index (χ0) is 29.1. The van der Waals surface area contributed by atoms with E-state index >= 15 is 0 Å². The first-order chi connectivity index (χ1) is 18.2. The first-order valence-electron chi connectivity index (χ1n) is 13.4. The lowest BCUT2D eigenvalue weighted by molar-refractivity contribution is -0.195. The van der Waals surface area contributed by atoms with Crippen LogP contribution in [0.2, 0.25) is 0 Å². The lowest BCUT2D eigenvalue weighted by atomic mass is 9.75. The van der Waals surface area contributed by atoms with Gasteiger partial charge in [-0.1, -0.05) is 50.3 Å². The molecular weight excluding hydrogens is 500 g/mol. The van der Waals surface area contributed by atoms with Crippen molar-refractivity contribution in [2.24, 2.45) is 23.2 Å². The smallest absolute Gasteiger partial charge is 0.338 e. The summed E-state index contributed by atoms with van der Waals surface area (Å²) < 4.78 is 18.0. The van der Waals surface area contributed by atoms with Crippen LogP contribution in [0.15, 0.2) is 54.1 Å². The molecule has 7 atom stereocenters. The van der Waals surface area contributed by atoms with Gasteiger partial charge in [0, 0.05) is 31.6 Å². The van der Waals surface area contributed by atoms with E-state index in [4.69, 9.17) is 14.2 Å². The van der Waals surface area contributed by atoms with Crippen LogP contribution in [0.5, 0.6) is 0 Å². The van der Waals surface area contributed by atoms with Crippen LogP contribution in [-0.4, -0.2) is 52.7 Å². The average molecular weight is 541 g/mol. The molecule has 0 aromatic heterocycles. The molecule has 2 aliphatic carbocycles. The Morgan fingerprint density at radius 1 is 1.00 bits per heavy atom. The molecule has 0 unspecified atom stereocenters. The number of benzene rings is 1. The van der Waals surface area contributed by atoms with Crippen LogP contribution >= 0.6 is 0 Å². The van der Waals surface area contributed by atoms with Crippen molar-refractivity contribution in [3.63, 3.8) is 0 Å². The number of aliphatic hydroxyl groups excluding tert-OH is 1. The third kappa shape index (κ3) is 6.67. The number of Topliss-reactive ketones (excluding diaryl/α,β-unsaturated/α-hetero) is 1. The zero-order valence-electron chi connectivity index (χ0n) is 23.8. The number of ether oxygens (including phenoxy) is 3. The minimum absolute atomic E-state index is 0.112. The summed E-state index contributed by atoms with van der Waals surface area (Å²) in [5, 5.41) is 11.0. The van der Waals surface area contributed by atoms with E-state index < -0.39 is 59.1 Å². The van der Waals surface area contributed by atoms with Gasteiger partial charge in [0.2, 0.25) is 0 Å². The molecule has 39 heavy (non-hydrogen) atoms. The summed E-state index contributed by atoms with van der Waals surface area (Å²) in [4.78, 5) is 51.2. The van der Waals surface area contributed by atoms with Crippen molar-refractivity contribution in [1.29, 1.82) is 0 Å². The van der Waals surface area contributed by atoms with Crippen molar-refractivity contribution >= 4 is 23.7 Å². The lowest BCUT2D eigenvalue weighted by Gasteiger charge is -2.43. The highest BCUT2D eigenvalue weighted by Gasteiger charge is 2.62. The van der Waals surface area contributed by atoms with Crippen LogP contribution < -0.4 is 0 Å². The molecule has 0 aliphatic heterocycles. The van der Waals surface area contributed by atoms with Crippen LogP contribution in [0, 0.1) is 23.2 Å². The lowest BCUT2D eigenvalue weighted by Crippen LogP contribution is -2.55. The Labute approximate surface area is 230 Å². The Bertz CT molecular complexity index is 1150. The summed E-state index contributed by atoms with van der Waals surface area (Å²) in [5.74, 6) is -3.40. The van der Waals surface area contributed by atoms with Gasteiger partial charge < -0.3 is 19.3 Å². The minimum atomic E-state index is -1.41. The maximum absolute atomic E-state index is 13.2. The number of rotatable bonds is 4. The maximum atomic E-state index is 13.2. The predicted molar refractivity (Wildman–Crippen MR) is 144 cm³/mol. The topological polar surface area (TPSA) is 116 Å². The van der Waals surface area contributed by atoms with E-state index in [0.29, 0.717) is 11.1 Å². The molecule has 1 N–H and O–H groups in total. The SMILES string of the molecule is CC(=O)O[C@H]1[C@H](C)/C=C\C(C)(C)C(=O)C[C@H](O)/C(C)=C/[C@H]2[C@H](OC(=O)c3ccccc3)[C@H](C)C[C@]21OC(C)=O. The number of hydrogen-bond acceptors (Lipinski definition) is 8. The molecule has 0 heterocycles. The van der Waals surface area contributed by atoms with E-state index in [1.54, 1.807) is 69.3 Å². The number of hydrogen-bond donors (Lipinski definition) is 1. The fourth-order valence-electron chi connectivity index (χ4n) is 5.73. The summed E-state index contributed by atoms with van der Waals surface area (Å²) in [6.45, 7) is 11.5. The predicted octanol–water partition coefficient (Wildman–Crippen LogP) is 4.60. The Hall–Kier alpha value is -3.26. The van der Waals surface area contributed by atoms with Gasteiger partial charge in [-0.25, -0.2) is 4.79 Å². The molecule has 2 aliphatic rings. The first kappa shape index (κ1) is 30.3. The van der Waals surface area contributed by atoms with E-state index in [-0.39, 0.29) is 24.5 Å². The molecule has 1 fully saturated rings. The molecule has 8 nitrogen and oxygen atoms in total. The highest BCUT2D eigenvalue weighted by atomic mass is 16.6. The zero-order valence-corrected chi connectivity index (χ0v) is 23.8. The number of esters is 3. The normalized spacial score (nSPS) is 34.8. The van der Waals surface area contributed by atoms with Crippen LogP contribution in [-0.2, 0) is 28.6 Å². The highest BCUT2D eigenvalue weighted by molar-refractivity contribution is 5.89. The van der Waals surface area contributed by atoms with Gasteiger partial charge in [0.15, 0.2) is 5.60 Å². The number of ketones is 1. The van der Waals surface area contributed by atoms with Gasteiger partial charge in [-0.3, -0.25) is 14.4 Å². The number of carbonyl (C=O) groups excluding carboxylic acids is 4. The molecule has 212 valence electrons. The van der Waals surface area contributed by atoms with Crippen LogP contribution in [0.3, 0.4) is 0 Å². The van der Waals surface area contributed by atoms with Crippen LogP contribution in [0.25, 0.3) is 0 Å².